The molecule has 0 aliphatic carbocycles. The zero-order valence-electron chi connectivity index (χ0n) is 11.1. The van der Waals surface area contributed by atoms with Crippen LogP contribution in [0.2, 0.25) is 0 Å². The van der Waals surface area contributed by atoms with Crippen LogP contribution in [0.25, 0.3) is 0 Å². The van der Waals surface area contributed by atoms with Crippen molar-refractivity contribution in [2.45, 2.75) is 39.2 Å². The molecule has 0 fully saturated rings. The molecule has 1 unspecified atom stereocenters. The molecular formula is C13H20N2O3. The van der Waals surface area contributed by atoms with Gasteiger partial charge in [0.15, 0.2) is 0 Å². The summed E-state index contributed by atoms with van der Waals surface area (Å²) >= 11 is 0. The molecule has 100 valence electrons. The topological polar surface area (TPSA) is 71.3 Å². The Bertz CT molecular complexity index is 438. The van der Waals surface area contributed by atoms with Crippen molar-refractivity contribution >= 4 is 12.4 Å². The Balaban J connectivity index is 2.72. The van der Waals surface area contributed by atoms with Gasteiger partial charge in [-0.05, 0) is 38.3 Å². The third kappa shape index (κ3) is 3.61. The van der Waals surface area contributed by atoms with E-state index >= 15 is 0 Å². The minimum absolute atomic E-state index is 0.0658. The van der Waals surface area contributed by atoms with Crippen molar-refractivity contribution in [1.82, 2.24) is 9.88 Å². The summed E-state index contributed by atoms with van der Waals surface area (Å²) in [6.07, 6.45) is 1.81. The number of carbonyl (C=O) groups is 2. The predicted molar refractivity (Wildman–Crippen MR) is 68.4 cm³/mol. The Morgan fingerprint density at radius 3 is 2.67 bits per heavy atom. The number of hydrogen-bond acceptors (Lipinski definition) is 2. The summed E-state index contributed by atoms with van der Waals surface area (Å²) in [5.74, 6) is -0.839. The fraction of sp³-hybridized carbons (Fsp3) is 0.538. The van der Waals surface area contributed by atoms with E-state index in [1.54, 1.807) is 0 Å². The van der Waals surface area contributed by atoms with Crippen molar-refractivity contribution in [1.29, 1.82) is 0 Å². The normalized spacial score (nSPS) is 12.2. The molecule has 0 radical (unpaired) electrons. The van der Waals surface area contributed by atoms with Crippen molar-refractivity contribution in [2.24, 2.45) is 7.05 Å². The van der Waals surface area contributed by atoms with Crippen molar-refractivity contribution < 1.29 is 14.7 Å². The van der Waals surface area contributed by atoms with Crippen molar-refractivity contribution in [2.75, 3.05) is 0 Å². The molecule has 0 aromatic carbocycles. The van der Waals surface area contributed by atoms with Gasteiger partial charge in [0.25, 0.3) is 0 Å². The number of rotatable bonds is 7. The van der Waals surface area contributed by atoms with Crippen LogP contribution in [0.1, 0.15) is 29.8 Å². The molecule has 1 heterocycles. The van der Waals surface area contributed by atoms with Crippen molar-refractivity contribution in [3.05, 3.63) is 23.0 Å². The number of amides is 1. The molecule has 18 heavy (non-hydrogen) atoms. The standard InChI is InChI=1S/C13H20N2O3/c1-9-6-11(10(2)15(9)3)7-12(14-8-16)4-5-13(17)18/h6,8,12H,4-5,7H2,1-3H3,(H,14,16)(H,17,18). The molecule has 0 bridgehead atoms. The number of hydrogen-bond donors (Lipinski definition) is 2. The van der Waals surface area contributed by atoms with E-state index in [9.17, 15) is 9.59 Å². The third-order valence-electron chi connectivity index (χ3n) is 3.36. The molecule has 5 heteroatoms. The highest BCUT2D eigenvalue weighted by Crippen LogP contribution is 2.16. The van der Waals surface area contributed by atoms with Crippen molar-refractivity contribution in [3.63, 3.8) is 0 Å². The lowest BCUT2D eigenvalue weighted by molar-refractivity contribution is -0.137. The van der Waals surface area contributed by atoms with Crippen LogP contribution in [0.3, 0.4) is 0 Å². The highest BCUT2D eigenvalue weighted by molar-refractivity contribution is 5.66. The van der Waals surface area contributed by atoms with Crippen LogP contribution in [-0.2, 0) is 23.1 Å². The van der Waals surface area contributed by atoms with E-state index < -0.39 is 5.97 Å². The maximum absolute atomic E-state index is 10.6. The summed E-state index contributed by atoms with van der Waals surface area (Å²) in [7, 11) is 1.99. The molecular weight excluding hydrogens is 232 g/mol. The van der Waals surface area contributed by atoms with Gasteiger partial charge in [-0.3, -0.25) is 9.59 Å². The third-order valence-corrected chi connectivity index (χ3v) is 3.36. The lowest BCUT2D eigenvalue weighted by Gasteiger charge is -2.15. The molecule has 2 N–H and O–H groups in total. The van der Waals surface area contributed by atoms with E-state index in [1.165, 1.54) is 0 Å². The SMILES string of the molecule is Cc1cc(CC(CCC(=O)O)NC=O)c(C)n1C. The Morgan fingerprint density at radius 1 is 1.56 bits per heavy atom. The second kappa shape index (κ2) is 6.23. The van der Waals surface area contributed by atoms with Gasteiger partial charge in [-0.15, -0.1) is 0 Å². The molecule has 0 saturated carbocycles. The number of carboxylic acids is 1. The van der Waals surface area contributed by atoms with Crippen LogP contribution in [-0.4, -0.2) is 28.1 Å². The van der Waals surface area contributed by atoms with Crippen LogP contribution >= 0.6 is 0 Å². The highest BCUT2D eigenvalue weighted by Gasteiger charge is 2.14. The monoisotopic (exact) mass is 252 g/mol. The van der Waals surface area contributed by atoms with Gasteiger partial charge >= 0.3 is 5.97 Å². The lowest BCUT2D eigenvalue weighted by Crippen LogP contribution is -2.30. The fourth-order valence-electron chi connectivity index (χ4n) is 2.04. The largest absolute Gasteiger partial charge is 0.481 e. The quantitative estimate of drug-likeness (QED) is 0.715. The minimum Gasteiger partial charge on any atom is -0.481 e. The Hall–Kier alpha value is -1.78. The molecule has 1 atom stereocenters. The number of nitrogens with zero attached hydrogens (tertiary/aromatic N) is 1. The lowest BCUT2D eigenvalue weighted by atomic mass is 10.0. The van der Waals surface area contributed by atoms with Crippen LogP contribution in [0.4, 0.5) is 0 Å². The summed E-state index contributed by atoms with van der Waals surface area (Å²) < 4.78 is 2.09. The molecule has 0 saturated heterocycles. The number of aryl methyl sites for hydroxylation is 1. The summed E-state index contributed by atoms with van der Waals surface area (Å²) in [5.41, 5.74) is 3.46. The summed E-state index contributed by atoms with van der Waals surface area (Å²) in [4.78, 5) is 21.1. The van der Waals surface area contributed by atoms with E-state index in [-0.39, 0.29) is 12.5 Å². The van der Waals surface area contributed by atoms with Crippen LogP contribution < -0.4 is 5.32 Å². The molecule has 1 rings (SSSR count). The number of nitrogens with one attached hydrogen (secondary N) is 1. The average molecular weight is 252 g/mol. The number of carboxylic acid groups (broad SMARTS) is 1. The van der Waals surface area contributed by atoms with Gasteiger partial charge in [-0.1, -0.05) is 0 Å². The van der Waals surface area contributed by atoms with Gasteiger partial charge in [0.1, 0.15) is 0 Å². The first-order chi connectivity index (χ1) is 8.45. The second-order valence-electron chi connectivity index (χ2n) is 4.57. The Labute approximate surface area is 107 Å². The number of aromatic nitrogens is 1. The first-order valence-corrected chi connectivity index (χ1v) is 5.99. The maximum atomic E-state index is 10.6. The van der Waals surface area contributed by atoms with Gasteiger partial charge in [-0.25, -0.2) is 0 Å². The predicted octanol–water partition coefficient (Wildman–Crippen LogP) is 1.16. The molecule has 5 nitrogen and oxygen atoms in total. The minimum atomic E-state index is -0.839. The average Bonchev–Trinajstić information content (AvgIpc) is 2.54. The molecule has 1 aromatic rings. The molecule has 0 aliphatic rings. The molecule has 0 aliphatic heterocycles. The van der Waals surface area contributed by atoms with Crippen LogP contribution in [0, 0.1) is 13.8 Å². The Morgan fingerprint density at radius 2 is 2.22 bits per heavy atom. The van der Waals surface area contributed by atoms with E-state index in [4.69, 9.17) is 5.11 Å². The van der Waals surface area contributed by atoms with Gasteiger partial charge in [0.2, 0.25) is 6.41 Å². The zero-order chi connectivity index (χ0) is 13.7. The zero-order valence-corrected chi connectivity index (χ0v) is 11.1. The first kappa shape index (κ1) is 14.3. The second-order valence-corrected chi connectivity index (χ2v) is 4.57. The van der Waals surface area contributed by atoms with E-state index in [2.05, 4.69) is 16.0 Å². The van der Waals surface area contributed by atoms with Gasteiger partial charge in [0, 0.05) is 30.9 Å². The van der Waals surface area contributed by atoms with Crippen LogP contribution in [0.15, 0.2) is 6.07 Å². The van der Waals surface area contributed by atoms with Gasteiger partial charge < -0.3 is 15.0 Å². The summed E-state index contributed by atoms with van der Waals surface area (Å²) in [6, 6.07) is 1.95. The van der Waals surface area contributed by atoms with Gasteiger partial charge in [0.05, 0.1) is 0 Å². The summed E-state index contributed by atoms with van der Waals surface area (Å²) in [6.45, 7) is 4.05. The Kier molecular flexibility index (Phi) is 4.95. The smallest absolute Gasteiger partial charge is 0.303 e. The summed E-state index contributed by atoms with van der Waals surface area (Å²) in [5, 5.41) is 11.4. The van der Waals surface area contributed by atoms with Crippen molar-refractivity contribution in [3.8, 4) is 0 Å². The molecule has 1 aromatic heterocycles. The highest BCUT2D eigenvalue weighted by atomic mass is 16.4. The molecule has 0 spiro atoms. The van der Waals surface area contributed by atoms with E-state index in [0.29, 0.717) is 19.3 Å². The fourth-order valence-corrected chi connectivity index (χ4v) is 2.04. The molecule has 1 amide bonds. The van der Waals surface area contributed by atoms with E-state index in [0.717, 1.165) is 17.0 Å². The maximum Gasteiger partial charge on any atom is 0.303 e. The van der Waals surface area contributed by atoms with Gasteiger partial charge in [-0.2, -0.15) is 0 Å². The first-order valence-electron chi connectivity index (χ1n) is 5.99. The van der Waals surface area contributed by atoms with Crippen LogP contribution in [0.5, 0.6) is 0 Å². The van der Waals surface area contributed by atoms with E-state index in [1.807, 2.05) is 20.9 Å². The number of carbonyl (C=O) groups excluding carboxylic acids is 1. The number of aliphatic carboxylic acids is 1.